The van der Waals surface area contributed by atoms with Gasteiger partial charge in [0, 0.05) is 30.1 Å². The van der Waals surface area contributed by atoms with E-state index in [1.165, 1.54) is 12.1 Å². The fourth-order valence-electron chi connectivity index (χ4n) is 5.29. The van der Waals surface area contributed by atoms with Crippen molar-refractivity contribution in [2.45, 2.75) is 70.0 Å². The van der Waals surface area contributed by atoms with Crippen molar-refractivity contribution in [2.24, 2.45) is 4.99 Å². The molecule has 1 aliphatic carbocycles. The molecule has 1 aliphatic heterocycles. The Hall–Kier alpha value is -2.55. The number of hydrogen-bond acceptors (Lipinski definition) is 5. The molecule has 0 aromatic heterocycles. The molecular weight excluding hydrogens is 484 g/mol. The second kappa shape index (κ2) is 12.8. The van der Waals surface area contributed by atoms with Gasteiger partial charge >= 0.3 is 29.6 Å². The minimum absolute atomic E-state index is 0. The summed E-state index contributed by atoms with van der Waals surface area (Å²) in [5.74, 6) is -2.19. The number of nitrogens with zero attached hydrogens (tertiary/aromatic N) is 2. The van der Waals surface area contributed by atoms with Gasteiger partial charge in [-0.3, -0.25) is 14.6 Å². The number of halogens is 1. The van der Waals surface area contributed by atoms with E-state index < -0.39 is 17.4 Å². The van der Waals surface area contributed by atoms with Crippen LogP contribution in [0.5, 0.6) is 0 Å². The summed E-state index contributed by atoms with van der Waals surface area (Å²) >= 11 is 0. The second-order valence-corrected chi connectivity index (χ2v) is 9.49. The number of benzene rings is 2. The van der Waals surface area contributed by atoms with Crippen LogP contribution in [0.3, 0.4) is 0 Å². The molecule has 1 fully saturated rings. The van der Waals surface area contributed by atoms with E-state index in [-0.39, 0.29) is 60.4 Å². The first-order valence-electron chi connectivity index (χ1n) is 12.6. The molecule has 9 heteroatoms. The Morgan fingerprint density at radius 1 is 1.14 bits per heavy atom. The van der Waals surface area contributed by atoms with Crippen molar-refractivity contribution in [1.82, 2.24) is 10.2 Å². The van der Waals surface area contributed by atoms with Crippen molar-refractivity contribution >= 4 is 23.5 Å². The molecule has 4 rings (SSSR count). The van der Waals surface area contributed by atoms with E-state index in [1.807, 2.05) is 17.0 Å². The number of carboxylic acid groups (broad SMARTS) is 1. The number of nitrogens with one attached hydrogen (secondary N) is 1. The molecule has 7 nitrogen and oxygen atoms in total. The minimum Gasteiger partial charge on any atom is -0.550 e. The summed E-state index contributed by atoms with van der Waals surface area (Å²) in [5, 5.41) is 13.2. The number of carbonyl (C=O) groups is 3. The number of hydrogen-bond donors (Lipinski definition) is 1. The Morgan fingerprint density at radius 2 is 1.84 bits per heavy atom. The fraction of sp³-hybridized carbons (Fsp3) is 0.429. The Balaban J connectivity index is 0.00000380. The van der Waals surface area contributed by atoms with E-state index in [9.17, 15) is 23.9 Å². The van der Waals surface area contributed by atoms with Gasteiger partial charge in [0.15, 0.2) is 0 Å². The van der Waals surface area contributed by atoms with Crippen LogP contribution in [0.1, 0.15) is 85.8 Å². The molecule has 1 N–H and O–H groups in total. The fourth-order valence-corrected chi connectivity index (χ4v) is 5.29. The molecule has 2 aromatic carbocycles. The third-order valence-corrected chi connectivity index (χ3v) is 6.99. The first kappa shape index (κ1) is 29.0. The van der Waals surface area contributed by atoms with Gasteiger partial charge in [-0.1, -0.05) is 44.0 Å². The average Bonchev–Trinajstić information content (AvgIpc) is 3.14. The third kappa shape index (κ3) is 6.48. The minimum atomic E-state index is -1.22. The van der Waals surface area contributed by atoms with Crippen molar-refractivity contribution in [2.75, 3.05) is 6.54 Å². The van der Waals surface area contributed by atoms with Gasteiger partial charge in [-0.25, -0.2) is 4.39 Å². The topological polar surface area (TPSA) is 102 Å². The first-order valence-corrected chi connectivity index (χ1v) is 12.6. The molecule has 37 heavy (non-hydrogen) atoms. The van der Waals surface area contributed by atoms with E-state index in [0.29, 0.717) is 16.8 Å². The molecule has 1 saturated carbocycles. The van der Waals surface area contributed by atoms with Crippen molar-refractivity contribution in [3.63, 3.8) is 0 Å². The number of aliphatic imine (C=N–C) groups is 1. The summed E-state index contributed by atoms with van der Waals surface area (Å²) < 4.78 is 14.0. The molecule has 0 unspecified atom stereocenters. The molecular formula is C28H31FN3NaO4. The smallest absolute Gasteiger partial charge is 0.550 e. The van der Waals surface area contributed by atoms with Crippen LogP contribution in [0.15, 0.2) is 53.5 Å². The summed E-state index contributed by atoms with van der Waals surface area (Å²) in [6, 6.07) is 12.9. The Labute approximate surface area is 238 Å². The maximum Gasteiger partial charge on any atom is 1.00 e. The van der Waals surface area contributed by atoms with Crippen LogP contribution < -0.4 is 40.0 Å². The summed E-state index contributed by atoms with van der Waals surface area (Å²) in [4.78, 5) is 43.7. The number of amides is 2. The molecule has 0 bridgehead atoms. The second-order valence-electron chi connectivity index (χ2n) is 9.49. The van der Waals surface area contributed by atoms with Crippen molar-refractivity contribution < 1.29 is 53.4 Å². The molecule has 0 saturated heterocycles. The Bertz CT molecular complexity index is 1160. The Morgan fingerprint density at radius 3 is 2.46 bits per heavy atom. The monoisotopic (exact) mass is 515 g/mol. The predicted octanol–water partition coefficient (Wildman–Crippen LogP) is 0.533. The van der Waals surface area contributed by atoms with Crippen molar-refractivity contribution in [3.8, 4) is 0 Å². The van der Waals surface area contributed by atoms with Crippen molar-refractivity contribution in [3.05, 3.63) is 71.0 Å². The molecule has 2 aliphatic rings. The van der Waals surface area contributed by atoms with E-state index in [1.54, 1.807) is 24.3 Å². The van der Waals surface area contributed by atoms with Gasteiger partial charge < -0.3 is 20.1 Å². The quantitative estimate of drug-likeness (QED) is 0.493. The van der Waals surface area contributed by atoms with Crippen LogP contribution in [-0.2, 0) is 9.59 Å². The summed E-state index contributed by atoms with van der Waals surface area (Å²) in [6.07, 6.45) is 5.85. The molecule has 2 aromatic rings. The molecule has 2 amide bonds. The number of carboxylic acids is 1. The normalized spacial score (nSPS) is 17.2. The summed E-state index contributed by atoms with van der Waals surface area (Å²) in [7, 11) is 0. The van der Waals surface area contributed by atoms with Crippen LogP contribution >= 0.6 is 0 Å². The van der Waals surface area contributed by atoms with Crippen LogP contribution in [-0.4, -0.2) is 40.6 Å². The average molecular weight is 516 g/mol. The standard InChI is InChI=1S/C28H32FN3O4.Na/c1-2-7-23(19-10-12-20(13-11-19)26(35)30-17-14-24(33)34)32-27(36)25(21-8-6-9-22(29)18-21)31-28(32)15-4-3-5-16-28;/h6,8-13,18,23H,2-5,7,14-17H2,1H3,(H,30,35)(H,33,34);/q;+1/p-1/t23-;/m1./s1. The Kier molecular flexibility index (Phi) is 10.0. The molecule has 1 heterocycles. The zero-order valence-electron chi connectivity index (χ0n) is 21.5. The number of rotatable bonds is 9. The first-order chi connectivity index (χ1) is 17.3. The molecule has 1 atom stereocenters. The van der Waals surface area contributed by atoms with Gasteiger partial charge in [-0.2, -0.15) is 0 Å². The summed E-state index contributed by atoms with van der Waals surface area (Å²) in [6.45, 7) is 2.06. The third-order valence-electron chi connectivity index (χ3n) is 6.99. The predicted molar refractivity (Wildman–Crippen MR) is 132 cm³/mol. The molecule has 1 spiro atoms. The van der Waals surface area contributed by atoms with Gasteiger partial charge in [0.25, 0.3) is 11.8 Å². The van der Waals surface area contributed by atoms with E-state index in [4.69, 9.17) is 4.99 Å². The van der Waals surface area contributed by atoms with Crippen molar-refractivity contribution in [1.29, 1.82) is 0 Å². The van der Waals surface area contributed by atoms with Gasteiger partial charge in [-0.05, 0) is 61.9 Å². The zero-order valence-corrected chi connectivity index (χ0v) is 23.5. The molecule has 0 radical (unpaired) electrons. The SMILES string of the molecule is CCC[C@H](c1ccc(C(=O)NCCC(=O)[O-])cc1)N1C(=O)C(c2cccc(F)c2)=NC12CCCCC2.[Na+]. The maximum atomic E-state index is 14.0. The van der Waals surface area contributed by atoms with Crippen LogP contribution in [0.25, 0.3) is 0 Å². The van der Waals surface area contributed by atoms with E-state index >= 15 is 0 Å². The number of carbonyl (C=O) groups excluding carboxylic acids is 3. The van der Waals surface area contributed by atoms with Gasteiger partial charge in [0.1, 0.15) is 17.2 Å². The van der Waals surface area contributed by atoms with E-state index in [2.05, 4.69) is 12.2 Å². The largest absolute Gasteiger partial charge is 1.00 e. The number of aliphatic carboxylic acids is 1. The van der Waals surface area contributed by atoms with Crippen LogP contribution in [0.2, 0.25) is 0 Å². The van der Waals surface area contributed by atoms with Gasteiger partial charge in [0.05, 0.1) is 6.04 Å². The molecule has 190 valence electrons. The van der Waals surface area contributed by atoms with Gasteiger partial charge in [-0.15, -0.1) is 0 Å². The van der Waals surface area contributed by atoms with Crippen LogP contribution in [0.4, 0.5) is 4.39 Å². The van der Waals surface area contributed by atoms with Crippen LogP contribution in [0, 0.1) is 5.82 Å². The zero-order chi connectivity index (χ0) is 25.7. The maximum absolute atomic E-state index is 14.0. The van der Waals surface area contributed by atoms with Gasteiger partial charge in [0.2, 0.25) is 0 Å². The summed E-state index contributed by atoms with van der Waals surface area (Å²) in [5.41, 5.74) is 1.45. The van der Waals surface area contributed by atoms with E-state index in [0.717, 1.165) is 50.5 Å².